The van der Waals surface area contributed by atoms with E-state index in [1.54, 1.807) is 16.8 Å². The number of benzene rings is 1. The van der Waals surface area contributed by atoms with Crippen LogP contribution >= 0.6 is 11.6 Å². The van der Waals surface area contributed by atoms with Gasteiger partial charge in [-0.2, -0.15) is 5.10 Å². The number of aliphatic carboxylic acids is 1. The highest BCUT2D eigenvalue weighted by atomic mass is 35.5. The maximum Gasteiger partial charge on any atom is 0.334 e. The summed E-state index contributed by atoms with van der Waals surface area (Å²) >= 11 is 5.91. The number of nitrogens with one attached hydrogen (secondary N) is 1. The van der Waals surface area contributed by atoms with E-state index in [1.807, 2.05) is 26.0 Å². The van der Waals surface area contributed by atoms with Gasteiger partial charge in [-0.3, -0.25) is 4.79 Å². The van der Waals surface area contributed by atoms with Crippen LogP contribution in [0.5, 0.6) is 0 Å². The zero-order chi connectivity index (χ0) is 18.6. The van der Waals surface area contributed by atoms with Gasteiger partial charge in [0.05, 0.1) is 29.7 Å². The lowest BCUT2D eigenvalue weighted by Gasteiger charge is -2.14. The minimum Gasteiger partial charge on any atom is -0.479 e. The fraction of sp³-hybridized carbons (Fsp3) is 0.353. The molecule has 8 heteroatoms. The number of ether oxygens (including phenoxy) is 1. The quantitative estimate of drug-likeness (QED) is 0.786. The highest BCUT2D eigenvalue weighted by molar-refractivity contribution is 6.30. The highest BCUT2D eigenvalue weighted by Gasteiger charge is 2.23. The number of methoxy groups -OCH3 is 1. The number of carbonyl (C=O) groups is 2. The van der Waals surface area contributed by atoms with Crippen LogP contribution in [0.2, 0.25) is 5.02 Å². The van der Waals surface area contributed by atoms with Crippen molar-refractivity contribution in [3.8, 4) is 5.69 Å². The zero-order valence-corrected chi connectivity index (χ0v) is 14.9. The van der Waals surface area contributed by atoms with Crippen LogP contribution in [0, 0.1) is 0 Å². The second-order valence-electron chi connectivity index (χ2n) is 5.76. The molecule has 2 N–H and O–H groups in total. The van der Waals surface area contributed by atoms with Gasteiger partial charge in [0.2, 0.25) is 0 Å². The van der Waals surface area contributed by atoms with E-state index in [1.165, 1.54) is 13.3 Å². The van der Waals surface area contributed by atoms with Crippen molar-refractivity contribution in [2.75, 3.05) is 13.7 Å². The molecule has 0 aliphatic carbocycles. The average molecular weight is 366 g/mol. The van der Waals surface area contributed by atoms with Gasteiger partial charge < -0.3 is 15.2 Å². The number of amides is 1. The lowest BCUT2D eigenvalue weighted by Crippen LogP contribution is -2.38. The monoisotopic (exact) mass is 365 g/mol. The van der Waals surface area contributed by atoms with Crippen molar-refractivity contribution in [3.63, 3.8) is 0 Å². The molecule has 2 aromatic rings. The van der Waals surface area contributed by atoms with Gasteiger partial charge in [-0.25, -0.2) is 9.48 Å². The van der Waals surface area contributed by atoms with Crippen LogP contribution in [0.3, 0.4) is 0 Å². The topological polar surface area (TPSA) is 93.5 Å². The Morgan fingerprint density at radius 1 is 1.32 bits per heavy atom. The van der Waals surface area contributed by atoms with E-state index in [2.05, 4.69) is 10.4 Å². The summed E-state index contributed by atoms with van der Waals surface area (Å²) in [5, 5.41) is 16.5. The summed E-state index contributed by atoms with van der Waals surface area (Å²) in [4.78, 5) is 23.4. The molecule has 1 aromatic carbocycles. The predicted octanol–water partition coefficient (Wildman–Crippen LogP) is 2.48. The van der Waals surface area contributed by atoms with Crippen molar-refractivity contribution in [2.45, 2.75) is 25.9 Å². The number of aromatic nitrogens is 2. The maximum absolute atomic E-state index is 12.5. The van der Waals surface area contributed by atoms with Crippen LogP contribution in [0.1, 0.15) is 35.8 Å². The molecule has 1 atom stereocenters. The Morgan fingerprint density at radius 2 is 1.96 bits per heavy atom. The Labute approximate surface area is 150 Å². The SMILES string of the molecule is COC(CNC(=O)c1cnn(-c2ccc(Cl)cc2)c1C(C)C)C(=O)O. The molecule has 7 nitrogen and oxygen atoms in total. The van der Waals surface area contributed by atoms with Crippen LogP contribution in [0.4, 0.5) is 0 Å². The molecule has 0 aliphatic heterocycles. The van der Waals surface area contributed by atoms with Crippen LogP contribution in [0.15, 0.2) is 30.5 Å². The van der Waals surface area contributed by atoms with E-state index in [9.17, 15) is 9.59 Å². The number of carboxylic acids is 1. The highest BCUT2D eigenvalue weighted by Crippen LogP contribution is 2.24. The number of hydrogen-bond acceptors (Lipinski definition) is 4. The molecule has 1 heterocycles. The summed E-state index contributed by atoms with van der Waals surface area (Å²) in [6.07, 6.45) is 0.375. The third-order valence-electron chi connectivity index (χ3n) is 3.68. The fourth-order valence-electron chi connectivity index (χ4n) is 2.43. The Bertz CT molecular complexity index is 756. The van der Waals surface area contributed by atoms with E-state index in [0.717, 1.165) is 11.4 Å². The first-order valence-corrected chi connectivity index (χ1v) is 8.10. The van der Waals surface area contributed by atoms with E-state index in [4.69, 9.17) is 21.4 Å². The van der Waals surface area contributed by atoms with Crippen molar-refractivity contribution >= 4 is 23.5 Å². The first kappa shape index (κ1) is 19.0. The average Bonchev–Trinajstić information content (AvgIpc) is 3.01. The molecule has 1 unspecified atom stereocenters. The third-order valence-corrected chi connectivity index (χ3v) is 3.93. The fourth-order valence-corrected chi connectivity index (χ4v) is 2.55. The minimum atomic E-state index is -1.14. The van der Waals surface area contributed by atoms with Gasteiger partial charge >= 0.3 is 5.97 Å². The second kappa shape index (κ2) is 8.13. The first-order valence-electron chi connectivity index (χ1n) is 7.72. The molecule has 1 amide bonds. The number of nitrogens with zero attached hydrogens (tertiary/aromatic N) is 2. The first-order chi connectivity index (χ1) is 11.8. The normalized spacial score (nSPS) is 12.2. The summed E-state index contributed by atoms with van der Waals surface area (Å²) in [5.41, 5.74) is 1.90. The van der Waals surface area contributed by atoms with Crippen molar-refractivity contribution < 1.29 is 19.4 Å². The number of carboxylic acid groups (broad SMARTS) is 1. The van der Waals surface area contributed by atoms with Gasteiger partial charge in [0.1, 0.15) is 0 Å². The van der Waals surface area contributed by atoms with Gasteiger partial charge in [0.15, 0.2) is 6.10 Å². The molecular weight excluding hydrogens is 346 g/mol. The standard InChI is InChI=1S/C17H20ClN3O4/c1-10(2)15-13(16(22)19-9-14(25-3)17(23)24)8-20-21(15)12-6-4-11(18)5-7-12/h4-8,10,14H,9H2,1-3H3,(H,19,22)(H,23,24). The van der Waals surface area contributed by atoms with E-state index < -0.39 is 18.0 Å². The van der Waals surface area contributed by atoms with Crippen LogP contribution < -0.4 is 5.32 Å². The predicted molar refractivity (Wildman–Crippen MR) is 93.4 cm³/mol. The summed E-state index contributed by atoms with van der Waals surface area (Å²) in [6.45, 7) is 3.78. The molecule has 0 saturated heterocycles. The zero-order valence-electron chi connectivity index (χ0n) is 14.2. The Morgan fingerprint density at radius 3 is 2.48 bits per heavy atom. The summed E-state index contributed by atoms with van der Waals surface area (Å²) < 4.78 is 6.50. The minimum absolute atomic E-state index is 0.0247. The molecular formula is C17H20ClN3O4. The van der Waals surface area contributed by atoms with Gasteiger partial charge in [-0.15, -0.1) is 0 Å². The number of carbonyl (C=O) groups excluding carboxylic acids is 1. The molecule has 0 aliphatic rings. The number of rotatable bonds is 7. The van der Waals surface area contributed by atoms with Gasteiger partial charge in [0.25, 0.3) is 5.91 Å². The van der Waals surface area contributed by atoms with Gasteiger partial charge in [-0.05, 0) is 30.2 Å². The molecule has 0 bridgehead atoms. The maximum atomic E-state index is 12.5. The Balaban J connectivity index is 2.28. The van der Waals surface area contributed by atoms with Gasteiger partial charge in [0, 0.05) is 12.1 Å². The van der Waals surface area contributed by atoms with E-state index >= 15 is 0 Å². The lowest BCUT2D eigenvalue weighted by atomic mass is 10.0. The van der Waals surface area contributed by atoms with Gasteiger partial charge in [-0.1, -0.05) is 25.4 Å². The number of hydrogen-bond donors (Lipinski definition) is 2. The molecule has 0 spiro atoms. The van der Waals surface area contributed by atoms with Crippen molar-refractivity contribution in [2.24, 2.45) is 0 Å². The lowest BCUT2D eigenvalue weighted by molar-refractivity contribution is -0.148. The van der Waals surface area contributed by atoms with Crippen LogP contribution in [-0.4, -0.2) is 46.5 Å². The van der Waals surface area contributed by atoms with Crippen molar-refractivity contribution in [1.29, 1.82) is 0 Å². The van der Waals surface area contributed by atoms with E-state index in [-0.39, 0.29) is 12.5 Å². The van der Waals surface area contributed by atoms with Crippen molar-refractivity contribution in [1.82, 2.24) is 15.1 Å². The number of halogens is 1. The molecule has 0 saturated carbocycles. The summed E-state index contributed by atoms with van der Waals surface area (Å²) in [5.74, 6) is -1.51. The molecule has 134 valence electrons. The molecule has 2 rings (SSSR count). The second-order valence-corrected chi connectivity index (χ2v) is 6.20. The smallest absolute Gasteiger partial charge is 0.334 e. The largest absolute Gasteiger partial charge is 0.479 e. The van der Waals surface area contributed by atoms with Crippen LogP contribution in [0.25, 0.3) is 5.69 Å². The molecule has 0 radical (unpaired) electrons. The summed E-state index contributed by atoms with van der Waals surface area (Å²) in [6, 6.07) is 7.12. The molecule has 0 fully saturated rings. The van der Waals surface area contributed by atoms with E-state index in [0.29, 0.717) is 10.6 Å². The Kier molecular flexibility index (Phi) is 6.17. The van der Waals surface area contributed by atoms with Crippen molar-refractivity contribution in [3.05, 3.63) is 46.7 Å². The van der Waals surface area contributed by atoms with Crippen LogP contribution in [-0.2, 0) is 9.53 Å². The Hall–Kier alpha value is -2.38. The summed E-state index contributed by atoms with van der Waals surface area (Å²) in [7, 11) is 1.28. The molecule has 25 heavy (non-hydrogen) atoms. The molecule has 1 aromatic heterocycles. The third kappa shape index (κ3) is 4.37.